The Morgan fingerprint density at radius 2 is 1.82 bits per heavy atom. The number of hydrogen-bond donors (Lipinski definition) is 2. The molecular formula is C24H22F3N5O2. The third-order valence-corrected chi connectivity index (χ3v) is 5.26. The highest BCUT2D eigenvalue weighted by Crippen LogP contribution is 2.38. The van der Waals surface area contributed by atoms with Crippen LogP contribution < -0.4 is 15.8 Å². The molecule has 2 aromatic heterocycles. The van der Waals surface area contributed by atoms with Gasteiger partial charge in [0, 0.05) is 36.0 Å². The van der Waals surface area contributed by atoms with Crippen LogP contribution in [0.15, 0.2) is 60.9 Å². The third-order valence-electron chi connectivity index (χ3n) is 5.26. The number of nitrogen functional groups attached to an aromatic ring is 1. The van der Waals surface area contributed by atoms with Gasteiger partial charge in [-0.25, -0.2) is 15.0 Å². The molecule has 0 aliphatic rings. The highest BCUT2D eigenvalue weighted by molar-refractivity contribution is 5.98. The van der Waals surface area contributed by atoms with E-state index in [2.05, 4.69) is 25.0 Å². The molecule has 176 valence electrons. The molecular weight excluding hydrogens is 447 g/mol. The fourth-order valence-electron chi connectivity index (χ4n) is 3.55. The maximum Gasteiger partial charge on any atom is 0.416 e. The number of nitrogens with one attached hydrogen (secondary N) is 1. The minimum absolute atomic E-state index is 0.123. The molecule has 0 aliphatic heterocycles. The summed E-state index contributed by atoms with van der Waals surface area (Å²) in [4.78, 5) is 12.5. The topological polar surface area (TPSA) is 95.2 Å². The fourth-order valence-corrected chi connectivity index (χ4v) is 3.55. The van der Waals surface area contributed by atoms with Gasteiger partial charge in [0.1, 0.15) is 5.75 Å². The second-order valence-electron chi connectivity index (χ2n) is 7.52. The van der Waals surface area contributed by atoms with E-state index in [1.165, 1.54) is 0 Å². The number of nitrogens with two attached hydrogens (primary N) is 1. The Balaban J connectivity index is 1.72. The zero-order chi connectivity index (χ0) is 24.3. The molecule has 0 radical (unpaired) electrons. The van der Waals surface area contributed by atoms with Gasteiger partial charge >= 0.3 is 6.18 Å². The predicted molar refractivity (Wildman–Crippen MR) is 124 cm³/mol. The van der Waals surface area contributed by atoms with Crippen molar-refractivity contribution in [2.75, 3.05) is 24.7 Å². The van der Waals surface area contributed by atoms with Crippen molar-refractivity contribution in [3.8, 4) is 22.9 Å². The molecule has 0 saturated carbocycles. The summed E-state index contributed by atoms with van der Waals surface area (Å²) in [5.41, 5.74) is 8.25. The van der Waals surface area contributed by atoms with Gasteiger partial charge in [-0.05, 0) is 36.8 Å². The highest BCUT2D eigenvalue weighted by Gasteiger charge is 2.39. The molecule has 2 aromatic carbocycles. The summed E-state index contributed by atoms with van der Waals surface area (Å²) in [6, 6.07) is 14.2. The number of benzene rings is 2. The van der Waals surface area contributed by atoms with Crippen LogP contribution in [0, 0.1) is 6.92 Å². The van der Waals surface area contributed by atoms with E-state index < -0.39 is 18.8 Å². The van der Waals surface area contributed by atoms with Crippen LogP contribution in [-0.2, 0) is 4.74 Å². The number of aromatic nitrogens is 3. The smallest absolute Gasteiger partial charge is 0.416 e. The van der Waals surface area contributed by atoms with Crippen molar-refractivity contribution >= 4 is 22.4 Å². The Hall–Kier alpha value is -3.92. The lowest BCUT2D eigenvalue weighted by atomic mass is 10.0. The van der Waals surface area contributed by atoms with E-state index >= 15 is 0 Å². The minimum Gasteiger partial charge on any atom is -0.437 e. The van der Waals surface area contributed by atoms with Crippen LogP contribution in [0.5, 0.6) is 11.6 Å². The molecule has 0 amide bonds. The first-order chi connectivity index (χ1) is 16.3. The molecule has 0 unspecified atom stereocenters. The SMILES string of the molecule is CO[C@@H](CNc1cccc2c(Oc3ncccc3-c3ccnc(N)n3)c(C)ccc12)C(F)(F)F. The predicted octanol–water partition coefficient (Wildman–Crippen LogP) is 5.36. The summed E-state index contributed by atoms with van der Waals surface area (Å²) >= 11 is 0. The number of hydrogen-bond acceptors (Lipinski definition) is 7. The van der Waals surface area contributed by atoms with Gasteiger partial charge in [-0.2, -0.15) is 13.2 Å². The maximum atomic E-state index is 13.1. The number of methoxy groups -OCH3 is 1. The molecule has 2 heterocycles. The van der Waals surface area contributed by atoms with E-state index in [1.54, 1.807) is 42.7 Å². The summed E-state index contributed by atoms with van der Waals surface area (Å²) in [6.07, 6.45) is -3.26. The summed E-state index contributed by atoms with van der Waals surface area (Å²) in [7, 11) is 1.04. The minimum atomic E-state index is -4.48. The number of rotatable bonds is 7. The Morgan fingerprint density at radius 3 is 2.56 bits per heavy atom. The van der Waals surface area contributed by atoms with Crippen molar-refractivity contribution in [1.29, 1.82) is 0 Å². The summed E-state index contributed by atoms with van der Waals surface area (Å²) < 4.78 is 50.1. The van der Waals surface area contributed by atoms with Crippen LogP contribution in [0.25, 0.3) is 22.0 Å². The summed E-state index contributed by atoms with van der Waals surface area (Å²) in [5.74, 6) is 0.964. The van der Waals surface area contributed by atoms with E-state index in [0.29, 0.717) is 39.3 Å². The van der Waals surface area contributed by atoms with Crippen molar-refractivity contribution in [2.45, 2.75) is 19.2 Å². The van der Waals surface area contributed by atoms with Crippen LogP contribution >= 0.6 is 0 Å². The van der Waals surface area contributed by atoms with Crippen molar-refractivity contribution in [1.82, 2.24) is 15.0 Å². The van der Waals surface area contributed by atoms with Crippen molar-refractivity contribution < 1.29 is 22.6 Å². The lowest BCUT2D eigenvalue weighted by molar-refractivity contribution is -0.207. The third kappa shape index (κ3) is 4.86. The Bertz CT molecular complexity index is 1310. The zero-order valence-electron chi connectivity index (χ0n) is 18.4. The van der Waals surface area contributed by atoms with Crippen LogP contribution in [0.1, 0.15) is 5.56 Å². The van der Waals surface area contributed by atoms with Gasteiger partial charge in [0.2, 0.25) is 11.8 Å². The van der Waals surface area contributed by atoms with E-state index in [1.807, 2.05) is 25.1 Å². The quantitative estimate of drug-likeness (QED) is 0.376. The molecule has 3 N–H and O–H groups in total. The van der Waals surface area contributed by atoms with Gasteiger partial charge < -0.3 is 20.5 Å². The van der Waals surface area contributed by atoms with Crippen LogP contribution in [0.3, 0.4) is 0 Å². The van der Waals surface area contributed by atoms with Crippen molar-refractivity contribution in [3.63, 3.8) is 0 Å². The standard InChI is InChI=1S/C24H22F3N5O2/c1-14-8-9-15-16(5-3-7-18(15)31-13-20(33-2)24(25,26)27)21(14)34-22-17(6-4-11-29-22)19-10-12-30-23(28)32-19/h3-12,20,31H,13H2,1-2H3,(H2,28,30,32)/t20-/m0/s1. The molecule has 10 heteroatoms. The molecule has 0 fully saturated rings. The van der Waals surface area contributed by atoms with Crippen LogP contribution in [-0.4, -0.2) is 40.9 Å². The molecule has 0 bridgehead atoms. The number of alkyl halides is 3. The Morgan fingerprint density at radius 1 is 1.00 bits per heavy atom. The number of aryl methyl sites for hydroxylation is 1. The van der Waals surface area contributed by atoms with E-state index in [-0.39, 0.29) is 5.95 Å². The lowest BCUT2D eigenvalue weighted by Gasteiger charge is -2.21. The highest BCUT2D eigenvalue weighted by atomic mass is 19.4. The maximum absolute atomic E-state index is 13.1. The molecule has 0 saturated heterocycles. The van der Waals surface area contributed by atoms with E-state index in [4.69, 9.17) is 10.5 Å². The molecule has 34 heavy (non-hydrogen) atoms. The van der Waals surface area contributed by atoms with Gasteiger partial charge in [-0.15, -0.1) is 0 Å². The largest absolute Gasteiger partial charge is 0.437 e. The molecule has 0 aliphatic carbocycles. The fraction of sp³-hybridized carbons (Fsp3) is 0.208. The first-order valence-electron chi connectivity index (χ1n) is 10.4. The average Bonchev–Trinajstić information content (AvgIpc) is 2.81. The van der Waals surface area contributed by atoms with Crippen molar-refractivity contribution in [3.05, 3.63) is 66.5 Å². The number of nitrogens with zero attached hydrogens (tertiary/aromatic N) is 3. The first kappa shape index (κ1) is 23.2. The van der Waals surface area contributed by atoms with Crippen LogP contribution in [0.4, 0.5) is 24.8 Å². The monoisotopic (exact) mass is 469 g/mol. The number of halogens is 3. The van der Waals surface area contributed by atoms with Crippen molar-refractivity contribution in [2.24, 2.45) is 0 Å². The summed E-state index contributed by atoms with van der Waals surface area (Å²) in [6.45, 7) is 1.45. The number of fused-ring (bicyclic) bond motifs is 1. The number of anilines is 2. The average molecular weight is 469 g/mol. The van der Waals surface area contributed by atoms with E-state index in [9.17, 15) is 13.2 Å². The second-order valence-corrected chi connectivity index (χ2v) is 7.52. The number of ether oxygens (including phenoxy) is 2. The zero-order valence-corrected chi connectivity index (χ0v) is 18.4. The second kappa shape index (κ2) is 9.52. The number of pyridine rings is 1. The van der Waals surface area contributed by atoms with Gasteiger partial charge in [0.15, 0.2) is 6.10 Å². The van der Waals surface area contributed by atoms with Gasteiger partial charge in [-0.3, -0.25) is 0 Å². The van der Waals surface area contributed by atoms with E-state index in [0.717, 1.165) is 12.7 Å². The van der Waals surface area contributed by atoms with Crippen LogP contribution in [0.2, 0.25) is 0 Å². The molecule has 1 atom stereocenters. The lowest BCUT2D eigenvalue weighted by Crippen LogP contribution is -2.36. The van der Waals surface area contributed by atoms with Gasteiger partial charge in [-0.1, -0.05) is 24.3 Å². The first-order valence-corrected chi connectivity index (χ1v) is 10.4. The van der Waals surface area contributed by atoms with Gasteiger partial charge in [0.05, 0.1) is 17.8 Å². The van der Waals surface area contributed by atoms with Gasteiger partial charge in [0.25, 0.3) is 0 Å². The summed E-state index contributed by atoms with van der Waals surface area (Å²) in [5, 5.41) is 4.26. The molecule has 7 nitrogen and oxygen atoms in total. The molecule has 0 spiro atoms. The molecule has 4 rings (SSSR count). The Kier molecular flexibility index (Phi) is 6.51. The molecule has 4 aromatic rings. The Labute approximate surface area is 193 Å². The normalized spacial score (nSPS) is 12.5.